The number of benzene rings is 1. The van der Waals surface area contributed by atoms with Crippen LogP contribution in [0.15, 0.2) is 23.1 Å². The first-order valence-corrected chi connectivity index (χ1v) is 7.82. The van der Waals surface area contributed by atoms with Crippen LogP contribution in [0.25, 0.3) is 0 Å². The molecule has 0 aliphatic carbocycles. The van der Waals surface area contributed by atoms with E-state index in [4.69, 9.17) is 0 Å². The van der Waals surface area contributed by atoms with Gasteiger partial charge in [-0.1, -0.05) is 6.07 Å². The van der Waals surface area contributed by atoms with Crippen molar-refractivity contribution in [2.45, 2.75) is 30.7 Å². The Kier molecular flexibility index (Phi) is 5.94. The molecule has 0 bridgehead atoms. The Balaban J connectivity index is 0.00000200. The van der Waals surface area contributed by atoms with Crippen LogP contribution in [0.5, 0.6) is 0 Å². The number of nitrogens with zero attached hydrogens (tertiary/aromatic N) is 1. The van der Waals surface area contributed by atoms with Gasteiger partial charge in [-0.05, 0) is 44.5 Å². The Bertz CT molecular complexity index is 557. The van der Waals surface area contributed by atoms with E-state index in [2.05, 4.69) is 5.32 Å². The molecule has 0 radical (unpaired) electrons. The minimum absolute atomic E-state index is 0. The molecule has 7 heteroatoms. The summed E-state index contributed by atoms with van der Waals surface area (Å²) in [4.78, 5) is -0.213. The maximum Gasteiger partial charge on any atom is 0.245 e. The first-order valence-electron chi connectivity index (χ1n) is 6.38. The van der Waals surface area contributed by atoms with E-state index in [1.165, 1.54) is 16.4 Å². The molecule has 114 valence electrons. The minimum atomic E-state index is -3.72. The molecule has 0 amide bonds. The van der Waals surface area contributed by atoms with Gasteiger partial charge in [0.15, 0.2) is 0 Å². The lowest BCUT2D eigenvalue weighted by Gasteiger charge is -2.31. The monoisotopic (exact) mass is 322 g/mol. The summed E-state index contributed by atoms with van der Waals surface area (Å²) in [5.41, 5.74) is 0.741. The smallest absolute Gasteiger partial charge is 0.245 e. The van der Waals surface area contributed by atoms with Crippen molar-refractivity contribution in [3.8, 4) is 0 Å². The first-order chi connectivity index (χ1) is 8.95. The van der Waals surface area contributed by atoms with E-state index in [9.17, 15) is 12.8 Å². The highest BCUT2D eigenvalue weighted by Gasteiger charge is 2.30. The van der Waals surface area contributed by atoms with E-state index in [1.54, 1.807) is 13.0 Å². The van der Waals surface area contributed by atoms with E-state index in [0.29, 0.717) is 19.1 Å². The maximum atomic E-state index is 13.7. The topological polar surface area (TPSA) is 49.4 Å². The van der Waals surface area contributed by atoms with Gasteiger partial charge in [0.2, 0.25) is 10.0 Å². The molecule has 20 heavy (non-hydrogen) atoms. The van der Waals surface area contributed by atoms with Crippen molar-refractivity contribution in [1.29, 1.82) is 0 Å². The number of piperidine rings is 1. The molecule has 1 heterocycles. The normalized spacial score (nSPS) is 17.8. The standard InChI is InChI=1S/C13H19FN2O2S.ClH/c1-10-3-4-12(14)13(9-10)19(17,18)16-7-5-11(15-2)6-8-16;/h3-4,9,11,15H,5-8H2,1-2H3;1H. The number of aryl methyl sites for hydroxylation is 1. The highest BCUT2D eigenvalue weighted by Crippen LogP contribution is 2.23. The van der Waals surface area contributed by atoms with E-state index < -0.39 is 15.8 Å². The zero-order valence-electron chi connectivity index (χ0n) is 11.6. The predicted molar refractivity (Wildman–Crippen MR) is 79.2 cm³/mol. The van der Waals surface area contributed by atoms with Gasteiger partial charge in [0.05, 0.1) is 0 Å². The molecule has 2 rings (SSSR count). The fraction of sp³-hybridized carbons (Fsp3) is 0.538. The highest BCUT2D eigenvalue weighted by molar-refractivity contribution is 7.89. The fourth-order valence-electron chi connectivity index (χ4n) is 2.33. The number of hydrogen-bond donors (Lipinski definition) is 1. The lowest BCUT2D eigenvalue weighted by atomic mass is 10.1. The van der Waals surface area contributed by atoms with Gasteiger partial charge in [-0.25, -0.2) is 12.8 Å². The summed E-state index contributed by atoms with van der Waals surface area (Å²) in [6.45, 7) is 2.62. The van der Waals surface area contributed by atoms with Crippen molar-refractivity contribution in [1.82, 2.24) is 9.62 Å². The quantitative estimate of drug-likeness (QED) is 0.925. The molecule has 0 atom stereocenters. The van der Waals surface area contributed by atoms with Crippen LogP contribution in [0, 0.1) is 12.7 Å². The molecule has 1 aliphatic heterocycles. The van der Waals surface area contributed by atoms with Crippen LogP contribution >= 0.6 is 12.4 Å². The minimum Gasteiger partial charge on any atom is -0.317 e. The third-order valence-corrected chi connectivity index (χ3v) is 5.48. The zero-order chi connectivity index (χ0) is 14.0. The molecule has 0 saturated carbocycles. The maximum absolute atomic E-state index is 13.7. The second-order valence-corrected chi connectivity index (χ2v) is 6.81. The van der Waals surface area contributed by atoms with E-state index in [-0.39, 0.29) is 17.3 Å². The van der Waals surface area contributed by atoms with Gasteiger partial charge >= 0.3 is 0 Å². The molecule has 4 nitrogen and oxygen atoms in total. The SMILES string of the molecule is CNC1CCN(S(=O)(=O)c2cc(C)ccc2F)CC1.Cl. The molecule has 1 fully saturated rings. The molecule has 1 aromatic rings. The van der Waals surface area contributed by atoms with Crippen LogP contribution in [-0.2, 0) is 10.0 Å². The summed E-state index contributed by atoms with van der Waals surface area (Å²) < 4.78 is 40.0. The van der Waals surface area contributed by atoms with Gasteiger partial charge in [-0.15, -0.1) is 12.4 Å². The molecule has 1 saturated heterocycles. The van der Waals surface area contributed by atoms with Crippen LogP contribution in [0.1, 0.15) is 18.4 Å². The van der Waals surface area contributed by atoms with E-state index in [0.717, 1.165) is 18.4 Å². The second-order valence-electron chi connectivity index (χ2n) is 4.90. The summed E-state index contributed by atoms with van der Waals surface area (Å²) in [5.74, 6) is -0.679. The van der Waals surface area contributed by atoms with Crippen LogP contribution in [0.2, 0.25) is 0 Å². The average molecular weight is 323 g/mol. The lowest BCUT2D eigenvalue weighted by molar-refractivity contribution is 0.297. The summed E-state index contributed by atoms with van der Waals surface area (Å²) >= 11 is 0. The van der Waals surface area contributed by atoms with Crippen LogP contribution in [0.4, 0.5) is 4.39 Å². The number of rotatable bonds is 3. The summed E-state index contributed by atoms with van der Waals surface area (Å²) in [7, 11) is -1.85. The van der Waals surface area contributed by atoms with Crippen molar-refractivity contribution < 1.29 is 12.8 Å². The Morgan fingerprint density at radius 2 is 1.90 bits per heavy atom. The van der Waals surface area contributed by atoms with Crippen molar-refractivity contribution in [2.75, 3.05) is 20.1 Å². The van der Waals surface area contributed by atoms with Gasteiger partial charge in [0.25, 0.3) is 0 Å². The van der Waals surface area contributed by atoms with Crippen molar-refractivity contribution in [3.63, 3.8) is 0 Å². The molecule has 1 aromatic carbocycles. The molecule has 1 N–H and O–H groups in total. The fourth-order valence-corrected chi connectivity index (χ4v) is 3.95. The van der Waals surface area contributed by atoms with Gasteiger partial charge in [-0.2, -0.15) is 4.31 Å². The third kappa shape index (κ3) is 3.49. The molecule has 1 aliphatic rings. The van der Waals surface area contributed by atoms with E-state index in [1.807, 2.05) is 7.05 Å². The Hall–Kier alpha value is -0.690. The number of nitrogens with one attached hydrogen (secondary N) is 1. The average Bonchev–Trinajstić information content (AvgIpc) is 2.41. The van der Waals surface area contributed by atoms with Gasteiger partial charge < -0.3 is 5.32 Å². The van der Waals surface area contributed by atoms with Gasteiger partial charge in [0.1, 0.15) is 10.7 Å². The lowest BCUT2D eigenvalue weighted by Crippen LogP contribution is -2.44. The molecule has 0 aromatic heterocycles. The van der Waals surface area contributed by atoms with E-state index >= 15 is 0 Å². The number of halogens is 2. The number of hydrogen-bond acceptors (Lipinski definition) is 3. The van der Waals surface area contributed by atoms with Crippen LogP contribution in [0.3, 0.4) is 0 Å². The second kappa shape index (κ2) is 6.85. The highest BCUT2D eigenvalue weighted by atomic mass is 35.5. The summed E-state index contributed by atoms with van der Waals surface area (Å²) in [6, 6.07) is 4.52. The first kappa shape index (κ1) is 17.4. The third-order valence-electron chi connectivity index (χ3n) is 3.57. The van der Waals surface area contributed by atoms with Crippen LogP contribution < -0.4 is 5.32 Å². The van der Waals surface area contributed by atoms with Gasteiger partial charge in [0, 0.05) is 19.1 Å². The molecule has 0 unspecified atom stereocenters. The van der Waals surface area contributed by atoms with Crippen molar-refractivity contribution in [2.24, 2.45) is 0 Å². The van der Waals surface area contributed by atoms with Gasteiger partial charge in [-0.3, -0.25) is 0 Å². The molecular weight excluding hydrogens is 303 g/mol. The zero-order valence-corrected chi connectivity index (χ0v) is 13.2. The largest absolute Gasteiger partial charge is 0.317 e. The Morgan fingerprint density at radius 1 is 1.30 bits per heavy atom. The summed E-state index contributed by atoms with van der Waals surface area (Å²) in [6.07, 6.45) is 1.51. The Morgan fingerprint density at radius 3 is 2.45 bits per heavy atom. The Labute approximate surface area is 125 Å². The van der Waals surface area contributed by atoms with Crippen LogP contribution in [-0.4, -0.2) is 38.9 Å². The number of sulfonamides is 1. The summed E-state index contributed by atoms with van der Waals surface area (Å²) in [5, 5.41) is 3.14. The molecule has 0 spiro atoms. The van der Waals surface area contributed by atoms with Crippen molar-refractivity contribution >= 4 is 22.4 Å². The van der Waals surface area contributed by atoms with Crippen molar-refractivity contribution in [3.05, 3.63) is 29.6 Å². The predicted octanol–water partition coefficient (Wildman–Crippen LogP) is 1.93. The molecular formula is C13H20ClFN2O2S.